The van der Waals surface area contributed by atoms with Crippen LogP contribution in [0.3, 0.4) is 0 Å². The lowest BCUT2D eigenvalue weighted by molar-refractivity contribution is -0.107. The molecule has 444 valence electrons. The minimum Gasteiger partial charge on any atom is -0.748 e. The maximum Gasteiger partial charge on any atom is 0.401 e. The van der Waals surface area contributed by atoms with Crippen LogP contribution in [0, 0.1) is 29.1 Å². The van der Waals surface area contributed by atoms with Crippen LogP contribution < -0.4 is 14.2 Å². The van der Waals surface area contributed by atoms with Crippen molar-refractivity contribution in [2.45, 2.75) is 117 Å². The number of rotatable bonds is 14. The topological polar surface area (TPSA) is 170 Å². The van der Waals surface area contributed by atoms with Crippen molar-refractivity contribution < 1.29 is 89.5 Å². The van der Waals surface area contributed by atoms with Crippen LogP contribution in [0.25, 0.3) is 0 Å². The first-order valence-corrected chi connectivity index (χ1v) is 31.3. The van der Waals surface area contributed by atoms with E-state index < -0.39 is 66.1 Å². The molecule has 3 atom stereocenters. The third kappa shape index (κ3) is 20.0. The van der Waals surface area contributed by atoms with Crippen molar-refractivity contribution in [3.8, 4) is 17.2 Å². The standard InChI is InChI=1S/C28H31O4S.C23H23O2S.C6HF5O3S.C2H3F3O3S/c1-2-8-24(9-3-1)33(25-16-12-22(13-17-25)31-27-10-4-6-20-29-27)26-18-14-23(15-19-26)32-28-11-5-7-21-30-28;1-3-9-20(10-4-1)26(21-11-5-2-6-12-21)22-16-14-19(15-17-22)25-23-13-7-8-18-24-23;7-1-2(8)4(10)6(15(12,13)14)5(11)3(1)9;3-2(4,5)1-9(6,7)8/h1-3,8-9,12-19,27-28H,4-7,10-11,20-21H2;1-6,9-12,14-17,23H,7-8,13,18H2;(H,12,13,14);1H2,(H,6,7,8)/q2*+1;;/p-2. The molecule has 0 bridgehead atoms. The van der Waals surface area contributed by atoms with Gasteiger partial charge in [0.1, 0.15) is 48.1 Å². The molecule has 3 saturated heterocycles. The van der Waals surface area contributed by atoms with Gasteiger partial charge in [-0.05, 0) is 148 Å². The van der Waals surface area contributed by atoms with E-state index in [-0.39, 0.29) is 40.7 Å². The summed E-state index contributed by atoms with van der Waals surface area (Å²) in [4.78, 5) is 5.35. The number of hydrogen-bond donors (Lipinski definition) is 0. The predicted octanol–water partition coefficient (Wildman–Crippen LogP) is 13.7. The molecule has 10 rings (SSSR count). The minimum absolute atomic E-state index is 0.101. The Bertz CT molecular complexity index is 3210. The zero-order chi connectivity index (χ0) is 59.6. The quantitative estimate of drug-likeness (QED) is 0.0332. The summed E-state index contributed by atoms with van der Waals surface area (Å²) in [5.41, 5.74) is 0. The molecule has 83 heavy (non-hydrogen) atoms. The highest BCUT2D eigenvalue weighted by atomic mass is 32.2. The second kappa shape index (κ2) is 30.5. The molecule has 12 nitrogen and oxygen atoms in total. The van der Waals surface area contributed by atoms with Crippen molar-refractivity contribution in [1.29, 1.82) is 0 Å². The van der Waals surface area contributed by atoms with E-state index in [1.165, 1.54) is 35.8 Å². The first kappa shape index (κ1) is 64.3. The molecule has 3 aliphatic rings. The van der Waals surface area contributed by atoms with Gasteiger partial charge in [0.15, 0.2) is 71.5 Å². The normalized spacial score (nSPS) is 17.7. The van der Waals surface area contributed by atoms with Gasteiger partial charge in [-0.2, -0.15) is 13.2 Å². The van der Waals surface area contributed by atoms with Gasteiger partial charge in [-0.1, -0.05) is 54.6 Å². The zero-order valence-electron chi connectivity index (χ0n) is 44.1. The molecule has 0 spiro atoms. The minimum atomic E-state index is -5.77. The molecule has 0 radical (unpaired) electrons. The highest BCUT2D eigenvalue weighted by Crippen LogP contribution is 2.36. The van der Waals surface area contributed by atoms with Crippen LogP contribution in [-0.4, -0.2) is 76.6 Å². The van der Waals surface area contributed by atoms with Gasteiger partial charge in [0.05, 0.1) is 41.6 Å². The Kier molecular flexibility index (Phi) is 23.7. The molecular formula is C59H56F8O12S4. The van der Waals surface area contributed by atoms with Gasteiger partial charge in [-0.15, -0.1) is 0 Å². The maximum absolute atomic E-state index is 12.6. The van der Waals surface area contributed by atoms with Crippen LogP contribution in [0.2, 0.25) is 0 Å². The van der Waals surface area contributed by atoms with Crippen molar-refractivity contribution in [2.75, 3.05) is 25.6 Å². The van der Waals surface area contributed by atoms with Crippen LogP contribution in [0.15, 0.2) is 198 Å². The van der Waals surface area contributed by atoms with E-state index in [0.717, 1.165) is 88.4 Å². The second-order valence-corrected chi connectivity index (χ2v) is 25.2. The summed E-state index contributed by atoms with van der Waals surface area (Å²) in [6.07, 6.45) is 4.48. The Balaban J connectivity index is 0.000000175. The van der Waals surface area contributed by atoms with Gasteiger partial charge in [-0.3, -0.25) is 0 Å². The zero-order valence-corrected chi connectivity index (χ0v) is 47.3. The first-order valence-electron chi connectivity index (χ1n) is 25.9. The van der Waals surface area contributed by atoms with Crippen LogP contribution in [0.4, 0.5) is 35.1 Å². The van der Waals surface area contributed by atoms with Gasteiger partial charge in [0.2, 0.25) is 5.82 Å². The molecule has 7 aromatic carbocycles. The van der Waals surface area contributed by atoms with Gasteiger partial charge in [0.25, 0.3) is 0 Å². The Morgan fingerprint density at radius 1 is 0.410 bits per heavy atom. The molecule has 3 aliphatic heterocycles. The van der Waals surface area contributed by atoms with E-state index in [9.17, 15) is 61.1 Å². The lowest BCUT2D eigenvalue weighted by atomic mass is 10.2. The monoisotopic (exact) mass is 1240 g/mol. The summed E-state index contributed by atoms with van der Waals surface area (Å²) in [6, 6.07) is 57.5. The van der Waals surface area contributed by atoms with Crippen molar-refractivity contribution in [1.82, 2.24) is 0 Å². The summed E-state index contributed by atoms with van der Waals surface area (Å²) in [5, 5.41) is 0. The predicted molar refractivity (Wildman–Crippen MR) is 290 cm³/mol. The molecule has 0 amide bonds. The molecule has 7 aromatic rings. The maximum atomic E-state index is 12.6. The molecule has 0 aliphatic carbocycles. The lowest BCUT2D eigenvalue weighted by Gasteiger charge is -2.23. The van der Waals surface area contributed by atoms with Crippen molar-refractivity contribution in [3.63, 3.8) is 0 Å². The molecule has 0 N–H and O–H groups in total. The Labute approximate surface area is 481 Å². The van der Waals surface area contributed by atoms with E-state index in [1.807, 2.05) is 0 Å². The summed E-state index contributed by atoms with van der Waals surface area (Å²) < 4.78 is 189. The Morgan fingerprint density at radius 2 is 0.675 bits per heavy atom. The van der Waals surface area contributed by atoms with Gasteiger partial charge in [0, 0.05) is 19.3 Å². The smallest absolute Gasteiger partial charge is 0.401 e. The van der Waals surface area contributed by atoms with Crippen LogP contribution in [0.1, 0.15) is 57.8 Å². The highest BCUT2D eigenvalue weighted by Gasteiger charge is 2.33. The van der Waals surface area contributed by atoms with E-state index >= 15 is 0 Å². The Hall–Kier alpha value is -6.22. The first-order chi connectivity index (χ1) is 39.6. The van der Waals surface area contributed by atoms with Gasteiger partial charge in [-0.25, -0.2) is 38.8 Å². The number of alkyl halides is 3. The molecule has 0 aromatic heterocycles. The summed E-state index contributed by atoms with van der Waals surface area (Å²) >= 11 is 0. The second-order valence-electron chi connectivity index (χ2n) is 18.4. The summed E-state index contributed by atoms with van der Waals surface area (Å²) in [5.74, 6) is -12.5. The van der Waals surface area contributed by atoms with Crippen LogP contribution in [-0.2, 0) is 56.2 Å². The van der Waals surface area contributed by atoms with Gasteiger partial charge < -0.3 is 37.5 Å². The average Bonchev–Trinajstić information content (AvgIpc) is 3.55. The van der Waals surface area contributed by atoms with E-state index in [1.54, 1.807) is 0 Å². The molecular weight excluding hydrogens is 1180 g/mol. The Morgan fingerprint density at radius 3 is 0.892 bits per heavy atom. The number of hydrogen-bond acceptors (Lipinski definition) is 12. The molecule has 24 heteroatoms. The number of ether oxygens (including phenoxy) is 6. The number of halogens is 8. The van der Waals surface area contributed by atoms with E-state index in [0.29, 0.717) is 0 Å². The summed E-state index contributed by atoms with van der Waals surface area (Å²) in [7, 11) is -11.3. The van der Waals surface area contributed by atoms with Gasteiger partial charge >= 0.3 is 6.18 Å². The van der Waals surface area contributed by atoms with Crippen LogP contribution in [0.5, 0.6) is 17.2 Å². The fourth-order valence-corrected chi connectivity index (χ4v) is 13.5. The molecule has 3 heterocycles. The summed E-state index contributed by atoms with van der Waals surface area (Å²) in [6.45, 7) is 2.37. The fourth-order valence-electron chi connectivity index (χ4n) is 8.32. The van der Waals surface area contributed by atoms with E-state index in [4.69, 9.17) is 28.4 Å². The fraction of sp³-hybridized carbons (Fsp3) is 0.288. The molecule has 3 fully saturated rings. The third-order valence-electron chi connectivity index (χ3n) is 12.1. The number of benzene rings is 7. The molecule has 3 unspecified atom stereocenters. The lowest BCUT2D eigenvalue weighted by Crippen LogP contribution is -2.25. The highest BCUT2D eigenvalue weighted by molar-refractivity contribution is 7.97. The third-order valence-corrected chi connectivity index (χ3v) is 18.1. The largest absolute Gasteiger partial charge is 0.748 e. The molecule has 0 saturated carbocycles. The average molecular weight is 1240 g/mol. The van der Waals surface area contributed by atoms with Crippen LogP contribution >= 0.6 is 0 Å². The van der Waals surface area contributed by atoms with Crippen molar-refractivity contribution >= 4 is 42.0 Å². The van der Waals surface area contributed by atoms with Crippen molar-refractivity contribution in [3.05, 3.63) is 193 Å². The van der Waals surface area contributed by atoms with E-state index in [2.05, 4.69) is 164 Å². The van der Waals surface area contributed by atoms with Crippen molar-refractivity contribution in [2.24, 2.45) is 0 Å². The SMILES string of the molecule is O=S(=O)([O-])CC(F)(F)F.O=S(=O)([O-])c1c(F)c(F)c(F)c(F)c1F.c1ccc([S+](c2ccc(OC3CCCCO3)cc2)c2ccc(OC3CCCCO3)cc2)cc1.c1ccc([S+](c2ccccc2)c2ccc(OC3CCCCO3)cc2)cc1.